The van der Waals surface area contributed by atoms with Crippen molar-refractivity contribution in [3.8, 4) is 0 Å². The van der Waals surface area contributed by atoms with Crippen molar-refractivity contribution in [2.24, 2.45) is 0 Å². The van der Waals surface area contributed by atoms with Crippen LogP contribution in [-0.2, 0) is 19.5 Å². The van der Waals surface area contributed by atoms with Gasteiger partial charge in [-0.3, -0.25) is 19.4 Å². The highest BCUT2D eigenvalue weighted by atomic mass is 16.2. The highest BCUT2D eigenvalue weighted by molar-refractivity contribution is 5.91. The molecule has 0 aliphatic carbocycles. The minimum Gasteiger partial charge on any atom is -0.336 e. The SMILES string of the molecule is O=C(c1cn(CCCc2ccccc2)nn1)N1CCCN(Cc2cccnc2)CC1. The highest BCUT2D eigenvalue weighted by Gasteiger charge is 2.22. The summed E-state index contributed by atoms with van der Waals surface area (Å²) in [6.07, 6.45) is 8.39. The largest absolute Gasteiger partial charge is 0.336 e. The van der Waals surface area contributed by atoms with Gasteiger partial charge in [0.15, 0.2) is 5.69 Å². The van der Waals surface area contributed by atoms with Crippen molar-refractivity contribution < 1.29 is 4.79 Å². The molecule has 2 aromatic heterocycles. The Labute approximate surface area is 177 Å². The van der Waals surface area contributed by atoms with Gasteiger partial charge in [0.2, 0.25) is 0 Å². The second-order valence-electron chi connectivity index (χ2n) is 7.74. The number of hydrogen-bond donors (Lipinski definition) is 0. The van der Waals surface area contributed by atoms with Crippen LogP contribution in [0.2, 0.25) is 0 Å². The molecule has 3 aromatic rings. The van der Waals surface area contributed by atoms with Gasteiger partial charge < -0.3 is 4.90 Å². The molecule has 0 spiro atoms. The van der Waals surface area contributed by atoms with E-state index in [-0.39, 0.29) is 5.91 Å². The molecular weight excluding hydrogens is 376 g/mol. The van der Waals surface area contributed by atoms with E-state index in [1.165, 1.54) is 11.1 Å². The molecule has 1 amide bonds. The summed E-state index contributed by atoms with van der Waals surface area (Å²) in [6.45, 7) is 4.92. The van der Waals surface area contributed by atoms with Crippen LogP contribution in [0.1, 0.15) is 34.5 Å². The molecule has 1 aromatic carbocycles. The highest BCUT2D eigenvalue weighted by Crippen LogP contribution is 2.11. The molecule has 1 aliphatic rings. The molecule has 7 nitrogen and oxygen atoms in total. The molecule has 4 rings (SSSR count). The number of aromatic nitrogens is 4. The molecule has 7 heteroatoms. The van der Waals surface area contributed by atoms with E-state index in [9.17, 15) is 4.79 Å². The first-order valence-corrected chi connectivity index (χ1v) is 10.6. The Kier molecular flexibility index (Phi) is 6.82. The summed E-state index contributed by atoms with van der Waals surface area (Å²) in [4.78, 5) is 21.4. The van der Waals surface area contributed by atoms with Crippen LogP contribution in [0.25, 0.3) is 0 Å². The first-order chi connectivity index (χ1) is 14.8. The van der Waals surface area contributed by atoms with Crippen LogP contribution in [0, 0.1) is 0 Å². The third-order valence-electron chi connectivity index (χ3n) is 5.46. The Balaban J connectivity index is 1.27. The second kappa shape index (κ2) is 10.1. The predicted molar refractivity (Wildman–Crippen MR) is 115 cm³/mol. The maximum atomic E-state index is 12.9. The van der Waals surface area contributed by atoms with Gasteiger partial charge in [0.1, 0.15) is 0 Å². The van der Waals surface area contributed by atoms with E-state index in [1.54, 1.807) is 17.1 Å². The fraction of sp³-hybridized carbons (Fsp3) is 0.391. The van der Waals surface area contributed by atoms with Gasteiger partial charge in [-0.15, -0.1) is 5.10 Å². The number of rotatable bonds is 7. The van der Waals surface area contributed by atoms with Gasteiger partial charge >= 0.3 is 0 Å². The first-order valence-electron chi connectivity index (χ1n) is 10.6. The van der Waals surface area contributed by atoms with Gasteiger partial charge in [-0.1, -0.05) is 41.6 Å². The van der Waals surface area contributed by atoms with Gasteiger partial charge in [0, 0.05) is 51.7 Å². The Morgan fingerprint density at radius 2 is 1.83 bits per heavy atom. The molecule has 1 saturated heterocycles. The van der Waals surface area contributed by atoms with Crippen LogP contribution in [0.4, 0.5) is 0 Å². The molecule has 1 aliphatic heterocycles. The van der Waals surface area contributed by atoms with E-state index in [4.69, 9.17) is 0 Å². The number of carbonyl (C=O) groups excluding carboxylic acids is 1. The minimum atomic E-state index is -0.0208. The maximum Gasteiger partial charge on any atom is 0.276 e. The zero-order chi connectivity index (χ0) is 20.6. The molecule has 0 bridgehead atoms. The minimum absolute atomic E-state index is 0.0208. The zero-order valence-electron chi connectivity index (χ0n) is 17.2. The summed E-state index contributed by atoms with van der Waals surface area (Å²) in [5.74, 6) is -0.0208. The average Bonchev–Trinajstić information content (AvgIpc) is 3.13. The molecule has 0 saturated carbocycles. The number of nitrogens with zero attached hydrogens (tertiary/aromatic N) is 6. The molecule has 156 valence electrons. The number of amides is 1. The summed E-state index contributed by atoms with van der Waals surface area (Å²) < 4.78 is 1.78. The molecule has 30 heavy (non-hydrogen) atoms. The monoisotopic (exact) mass is 404 g/mol. The average molecular weight is 405 g/mol. The quantitative estimate of drug-likeness (QED) is 0.606. The molecule has 1 fully saturated rings. The van der Waals surface area contributed by atoms with Crippen LogP contribution in [0.15, 0.2) is 61.1 Å². The van der Waals surface area contributed by atoms with Crippen molar-refractivity contribution in [2.75, 3.05) is 26.2 Å². The lowest BCUT2D eigenvalue weighted by Gasteiger charge is -2.21. The zero-order valence-corrected chi connectivity index (χ0v) is 17.2. The van der Waals surface area contributed by atoms with Gasteiger partial charge in [0.05, 0.1) is 6.20 Å². The van der Waals surface area contributed by atoms with E-state index in [0.29, 0.717) is 12.2 Å². The number of carbonyl (C=O) groups is 1. The fourth-order valence-corrected chi connectivity index (χ4v) is 3.84. The van der Waals surface area contributed by atoms with Crippen molar-refractivity contribution in [2.45, 2.75) is 32.4 Å². The third-order valence-corrected chi connectivity index (χ3v) is 5.46. The van der Waals surface area contributed by atoms with Crippen LogP contribution in [-0.4, -0.2) is 61.9 Å². The number of benzene rings is 1. The van der Waals surface area contributed by atoms with E-state index < -0.39 is 0 Å². The number of hydrogen-bond acceptors (Lipinski definition) is 5. The van der Waals surface area contributed by atoms with Crippen molar-refractivity contribution in [1.29, 1.82) is 0 Å². The number of pyridine rings is 1. The predicted octanol–water partition coefficient (Wildman–Crippen LogP) is 2.65. The summed E-state index contributed by atoms with van der Waals surface area (Å²) in [5.41, 5.74) is 2.96. The van der Waals surface area contributed by atoms with Gasteiger partial charge in [-0.05, 0) is 36.5 Å². The Morgan fingerprint density at radius 3 is 2.67 bits per heavy atom. The van der Waals surface area contributed by atoms with Crippen LogP contribution >= 0.6 is 0 Å². The van der Waals surface area contributed by atoms with E-state index in [2.05, 4.69) is 50.5 Å². The van der Waals surface area contributed by atoms with Crippen LogP contribution in [0.5, 0.6) is 0 Å². The topological polar surface area (TPSA) is 67.2 Å². The lowest BCUT2D eigenvalue weighted by atomic mass is 10.1. The van der Waals surface area contributed by atoms with Gasteiger partial charge in [-0.2, -0.15) is 0 Å². The molecule has 0 radical (unpaired) electrons. The number of aryl methyl sites for hydroxylation is 2. The normalized spacial score (nSPS) is 15.1. The molecule has 0 unspecified atom stereocenters. The first kappa shape index (κ1) is 20.2. The lowest BCUT2D eigenvalue weighted by molar-refractivity contribution is 0.0755. The summed E-state index contributed by atoms with van der Waals surface area (Å²) in [5, 5.41) is 8.29. The van der Waals surface area contributed by atoms with Crippen molar-refractivity contribution in [1.82, 2.24) is 29.8 Å². The third kappa shape index (κ3) is 5.51. The molecule has 3 heterocycles. The van der Waals surface area contributed by atoms with E-state index in [0.717, 1.165) is 52.0 Å². The Hall–Kier alpha value is -3.06. The molecule has 0 N–H and O–H groups in total. The second-order valence-corrected chi connectivity index (χ2v) is 7.74. The Morgan fingerprint density at radius 1 is 0.967 bits per heavy atom. The van der Waals surface area contributed by atoms with E-state index in [1.807, 2.05) is 23.2 Å². The summed E-state index contributed by atoms with van der Waals surface area (Å²) in [6, 6.07) is 14.5. The standard InChI is InChI=1S/C23H28N6O/c30-23(22-19-29(26-25-22)14-5-10-20-7-2-1-3-8-20)28-13-6-12-27(15-16-28)18-21-9-4-11-24-17-21/h1-4,7-9,11,17,19H,5-6,10,12-16,18H2. The van der Waals surface area contributed by atoms with Crippen LogP contribution in [0.3, 0.4) is 0 Å². The van der Waals surface area contributed by atoms with Gasteiger partial charge in [-0.25, -0.2) is 0 Å². The summed E-state index contributed by atoms with van der Waals surface area (Å²) in [7, 11) is 0. The van der Waals surface area contributed by atoms with Crippen molar-refractivity contribution in [3.05, 3.63) is 77.9 Å². The fourth-order valence-electron chi connectivity index (χ4n) is 3.84. The molecular formula is C23H28N6O. The molecule has 0 atom stereocenters. The van der Waals surface area contributed by atoms with Gasteiger partial charge in [0.25, 0.3) is 5.91 Å². The smallest absolute Gasteiger partial charge is 0.276 e. The van der Waals surface area contributed by atoms with Crippen LogP contribution < -0.4 is 0 Å². The summed E-state index contributed by atoms with van der Waals surface area (Å²) >= 11 is 0. The van der Waals surface area contributed by atoms with E-state index >= 15 is 0 Å². The maximum absolute atomic E-state index is 12.9. The Bertz CT molecular complexity index is 927. The van der Waals surface area contributed by atoms with Crippen molar-refractivity contribution in [3.63, 3.8) is 0 Å². The van der Waals surface area contributed by atoms with Crippen molar-refractivity contribution >= 4 is 5.91 Å². The lowest BCUT2D eigenvalue weighted by Crippen LogP contribution is -2.35.